The Hall–Kier alpha value is -3.14. The maximum atomic E-state index is 13.3. The lowest BCUT2D eigenvalue weighted by atomic mass is 9.86. The summed E-state index contributed by atoms with van der Waals surface area (Å²) in [5.74, 6) is -2.03. The normalized spacial score (nSPS) is 20.1. The van der Waals surface area contributed by atoms with Crippen LogP contribution in [0.25, 0.3) is 10.8 Å². The molecule has 2 N–H and O–H groups in total. The van der Waals surface area contributed by atoms with Gasteiger partial charge in [-0.05, 0) is 44.0 Å². The summed E-state index contributed by atoms with van der Waals surface area (Å²) in [6.45, 7) is 2.82. The van der Waals surface area contributed by atoms with Crippen LogP contribution >= 0.6 is 0 Å². The fraction of sp³-hybridized carbons (Fsp3) is 0.364. The summed E-state index contributed by atoms with van der Waals surface area (Å²) in [7, 11) is 0. The first-order valence-electron chi connectivity index (χ1n) is 10.4. The molecule has 2 aromatic rings. The van der Waals surface area contributed by atoms with Crippen LogP contribution in [0, 0.1) is 0 Å². The first-order chi connectivity index (χ1) is 14.9. The quantitative estimate of drug-likeness (QED) is 0.715. The van der Waals surface area contributed by atoms with Crippen LogP contribution < -0.4 is 5.43 Å². The Morgan fingerprint density at radius 2 is 1.26 bits per heavy atom. The smallest absolute Gasteiger partial charge is 0.276 e. The van der Waals surface area contributed by atoms with E-state index in [9.17, 15) is 24.3 Å². The van der Waals surface area contributed by atoms with Gasteiger partial charge in [0.2, 0.25) is 0 Å². The van der Waals surface area contributed by atoms with Crippen LogP contribution in [-0.2, 0) is 0 Å². The molecule has 0 aliphatic carbocycles. The molecule has 1 saturated heterocycles. The van der Waals surface area contributed by atoms with Gasteiger partial charge in [0.1, 0.15) is 0 Å². The molecule has 3 aliphatic rings. The van der Waals surface area contributed by atoms with E-state index in [1.165, 1.54) is 24.1 Å². The minimum atomic E-state index is -0.756. The standard InChI is InChI=1S/C22H22N4O5/c1-12(27)11-23-25-19(28)13-5-7-15-18-16(8-6-14(17(13)18)20(25)29)22(31)26(21(15)30)24-9-3-2-4-10-24/h5-8,12,23,27H,2-4,9-11H2,1H3. The van der Waals surface area contributed by atoms with E-state index in [2.05, 4.69) is 5.43 Å². The van der Waals surface area contributed by atoms with E-state index < -0.39 is 29.7 Å². The number of aliphatic hydroxyl groups is 1. The summed E-state index contributed by atoms with van der Waals surface area (Å²) in [5.41, 5.74) is 3.76. The average Bonchev–Trinajstić information content (AvgIpc) is 2.76. The Labute approximate surface area is 178 Å². The van der Waals surface area contributed by atoms with Crippen LogP contribution in [-0.4, -0.2) is 69.5 Å². The Kier molecular flexibility index (Phi) is 4.62. The minimum absolute atomic E-state index is 0.0217. The van der Waals surface area contributed by atoms with Gasteiger partial charge in [-0.3, -0.25) is 19.2 Å². The first kappa shape index (κ1) is 19.8. The lowest BCUT2D eigenvalue weighted by molar-refractivity contribution is -0.0115. The Bertz CT molecular complexity index is 1080. The van der Waals surface area contributed by atoms with Crippen molar-refractivity contribution in [1.29, 1.82) is 0 Å². The summed E-state index contributed by atoms with van der Waals surface area (Å²) in [5, 5.41) is 14.1. The summed E-state index contributed by atoms with van der Waals surface area (Å²) in [6.07, 6.45) is 2.13. The molecule has 2 aromatic carbocycles. The van der Waals surface area contributed by atoms with Gasteiger partial charge in [0.05, 0.1) is 28.4 Å². The predicted octanol–water partition coefficient (Wildman–Crippen LogP) is 1.32. The van der Waals surface area contributed by atoms with Crippen molar-refractivity contribution < 1.29 is 24.3 Å². The van der Waals surface area contributed by atoms with Crippen molar-refractivity contribution in [3.63, 3.8) is 0 Å². The number of imide groups is 2. The molecule has 1 atom stereocenters. The summed E-state index contributed by atoms with van der Waals surface area (Å²) >= 11 is 0. The van der Waals surface area contributed by atoms with Crippen molar-refractivity contribution >= 4 is 34.4 Å². The van der Waals surface area contributed by atoms with Gasteiger partial charge in [0, 0.05) is 30.4 Å². The zero-order chi connectivity index (χ0) is 21.9. The van der Waals surface area contributed by atoms with Crippen molar-refractivity contribution in [3.8, 4) is 0 Å². The van der Waals surface area contributed by atoms with E-state index in [0.29, 0.717) is 35.0 Å². The number of carbonyl (C=O) groups is 4. The topological polar surface area (TPSA) is 110 Å². The highest BCUT2D eigenvalue weighted by molar-refractivity contribution is 6.33. The molecule has 0 radical (unpaired) electrons. The molecule has 9 heteroatoms. The third-order valence-corrected chi connectivity index (χ3v) is 6.03. The molecule has 1 fully saturated rings. The van der Waals surface area contributed by atoms with Gasteiger partial charge in [-0.1, -0.05) is 6.42 Å². The molecule has 0 aromatic heterocycles. The van der Waals surface area contributed by atoms with Crippen molar-refractivity contribution in [1.82, 2.24) is 20.5 Å². The average molecular weight is 422 g/mol. The van der Waals surface area contributed by atoms with Crippen LogP contribution in [0.15, 0.2) is 24.3 Å². The Morgan fingerprint density at radius 3 is 1.71 bits per heavy atom. The van der Waals surface area contributed by atoms with Crippen molar-refractivity contribution in [3.05, 3.63) is 46.5 Å². The monoisotopic (exact) mass is 422 g/mol. The number of benzene rings is 2. The Morgan fingerprint density at radius 1 is 0.806 bits per heavy atom. The molecule has 4 amide bonds. The third kappa shape index (κ3) is 2.88. The highest BCUT2D eigenvalue weighted by Gasteiger charge is 2.41. The minimum Gasteiger partial charge on any atom is -0.392 e. The molecule has 9 nitrogen and oxygen atoms in total. The predicted molar refractivity (Wildman–Crippen MR) is 110 cm³/mol. The van der Waals surface area contributed by atoms with Crippen molar-refractivity contribution in [2.45, 2.75) is 32.3 Å². The fourth-order valence-corrected chi connectivity index (χ4v) is 4.56. The number of amides is 4. The zero-order valence-electron chi connectivity index (χ0n) is 17.1. The molecule has 0 bridgehead atoms. The third-order valence-electron chi connectivity index (χ3n) is 6.03. The second kappa shape index (κ2) is 7.23. The van der Waals surface area contributed by atoms with E-state index in [1.807, 2.05) is 0 Å². The van der Waals surface area contributed by atoms with Crippen LogP contribution in [0.5, 0.6) is 0 Å². The molecule has 3 heterocycles. The SMILES string of the molecule is CC(O)CNN1C(=O)c2ccc3c4c(ccc(c24)C1=O)C(=O)N(N1CCCCC1)C3=O. The second-order valence-electron chi connectivity index (χ2n) is 8.16. The summed E-state index contributed by atoms with van der Waals surface area (Å²) in [4.78, 5) is 52.6. The number of carbonyl (C=O) groups excluding carboxylic acids is 4. The number of rotatable bonds is 4. The van der Waals surface area contributed by atoms with Gasteiger partial charge in [-0.25, -0.2) is 20.5 Å². The van der Waals surface area contributed by atoms with Crippen LogP contribution in [0.1, 0.15) is 67.6 Å². The molecular weight excluding hydrogens is 400 g/mol. The van der Waals surface area contributed by atoms with E-state index in [4.69, 9.17) is 0 Å². The molecule has 0 spiro atoms. The lowest BCUT2D eigenvalue weighted by Crippen LogP contribution is -2.54. The van der Waals surface area contributed by atoms with Gasteiger partial charge in [-0.15, -0.1) is 0 Å². The molecule has 160 valence electrons. The van der Waals surface area contributed by atoms with Crippen LogP contribution in [0.2, 0.25) is 0 Å². The molecular formula is C22H22N4O5. The van der Waals surface area contributed by atoms with Gasteiger partial charge in [-0.2, -0.15) is 0 Å². The second-order valence-corrected chi connectivity index (χ2v) is 8.16. The highest BCUT2D eigenvalue weighted by Crippen LogP contribution is 2.38. The van der Waals surface area contributed by atoms with E-state index in [-0.39, 0.29) is 17.7 Å². The van der Waals surface area contributed by atoms with E-state index in [1.54, 1.807) is 17.1 Å². The van der Waals surface area contributed by atoms with Crippen molar-refractivity contribution in [2.75, 3.05) is 19.6 Å². The molecule has 3 aliphatic heterocycles. The number of nitrogens with one attached hydrogen (secondary N) is 1. The van der Waals surface area contributed by atoms with Gasteiger partial charge >= 0.3 is 0 Å². The maximum absolute atomic E-state index is 13.3. The van der Waals surface area contributed by atoms with Crippen LogP contribution in [0.3, 0.4) is 0 Å². The first-order valence-corrected chi connectivity index (χ1v) is 10.4. The largest absolute Gasteiger partial charge is 0.392 e. The number of aliphatic hydroxyl groups excluding tert-OH is 1. The summed E-state index contributed by atoms with van der Waals surface area (Å²) in [6, 6.07) is 6.16. The summed E-state index contributed by atoms with van der Waals surface area (Å²) < 4.78 is 0. The highest BCUT2D eigenvalue weighted by atomic mass is 16.3. The number of hydrogen-bond acceptors (Lipinski definition) is 7. The van der Waals surface area contributed by atoms with Gasteiger partial charge in [0.25, 0.3) is 23.6 Å². The van der Waals surface area contributed by atoms with Crippen molar-refractivity contribution in [2.24, 2.45) is 0 Å². The van der Waals surface area contributed by atoms with Gasteiger partial charge < -0.3 is 5.11 Å². The maximum Gasteiger partial charge on any atom is 0.276 e. The zero-order valence-corrected chi connectivity index (χ0v) is 17.1. The molecule has 5 rings (SSSR count). The number of hydrogen-bond donors (Lipinski definition) is 2. The fourth-order valence-electron chi connectivity index (χ4n) is 4.56. The lowest BCUT2D eigenvalue weighted by Gasteiger charge is -2.38. The number of piperidine rings is 1. The van der Waals surface area contributed by atoms with Gasteiger partial charge in [0.15, 0.2) is 0 Å². The number of hydrazine groups is 2. The van der Waals surface area contributed by atoms with E-state index >= 15 is 0 Å². The molecule has 31 heavy (non-hydrogen) atoms. The molecule has 1 unspecified atom stereocenters. The number of nitrogens with zero attached hydrogens (tertiary/aromatic N) is 3. The van der Waals surface area contributed by atoms with E-state index in [0.717, 1.165) is 24.3 Å². The Balaban J connectivity index is 1.64. The molecule has 0 saturated carbocycles. The van der Waals surface area contributed by atoms with Crippen LogP contribution in [0.4, 0.5) is 0 Å².